The number of carbonyl (C=O) groups is 1. The number of hydrogen-bond acceptors (Lipinski definition) is 8. The predicted octanol–water partition coefficient (Wildman–Crippen LogP) is 1.28. The molecule has 29 heavy (non-hydrogen) atoms. The second-order valence-corrected chi connectivity index (χ2v) is 7.34. The SMILES string of the molecule is COc1nc(NC(=O)c2cnc(N3CC(C)NC(C)C3)cn2)cn2cc(C)nc12. The van der Waals surface area contributed by atoms with Crippen molar-refractivity contribution in [2.24, 2.45) is 0 Å². The van der Waals surface area contributed by atoms with E-state index in [0.29, 0.717) is 29.4 Å². The monoisotopic (exact) mass is 396 g/mol. The van der Waals surface area contributed by atoms with Gasteiger partial charge < -0.3 is 20.3 Å². The summed E-state index contributed by atoms with van der Waals surface area (Å²) in [6, 6.07) is 0.734. The number of anilines is 2. The van der Waals surface area contributed by atoms with Crippen molar-refractivity contribution in [1.29, 1.82) is 0 Å². The van der Waals surface area contributed by atoms with E-state index in [0.717, 1.165) is 24.6 Å². The van der Waals surface area contributed by atoms with E-state index in [1.54, 1.807) is 16.8 Å². The number of rotatable bonds is 4. The van der Waals surface area contributed by atoms with Crippen LogP contribution in [0.15, 0.2) is 24.8 Å². The Kier molecular flexibility index (Phi) is 5.01. The molecule has 10 nitrogen and oxygen atoms in total. The maximum absolute atomic E-state index is 12.6. The topological polar surface area (TPSA) is 110 Å². The normalized spacial score (nSPS) is 19.4. The van der Waals surface area contributed by atoms with Crippen molar-refractivity contribution in [1.82, 2.24) is 29.7 Å². The first-order valence-electron chi connectivity index (χ1n) is 9.47. The van der Waals surface area contributed by atoms with Crippen LogP contribution in [0, 0.1) is 6.92 Å². The van der Waals surface area contributed by atoms with Gasteiger partial charge in [-0.3, -0.25) is 9.20 Å². The van der Waals surface area contributed by atoms with E-state index in [1.165, 1.54) is 13.3 Å². The van der Waals surface area contributed by atoms with Gasteiger partial charge in [-0.2, -0.15) is 4.98 Å². The fourth-order valence-electron chi connectivity index (χ4n) is 3.59. The van der Waals surface area contributed by atoms with Gasteiger partial charge in [0.1, 0.15) is 11.5 Å². The molecule has 3 aromatic heterocycles. The lowest BCUT2D eigenvalue weighted by atomic mass is 10.1. The summed E-state index contributed by atoms with van der Waals surface area (Å²) in [7, 11) is 1.51. The van der Waals surface area contributed by atoms with E-state index in [4.69, 9.17) is 4.74 Å². The van der Waals surface area contributed by atoms with Gasteiger partial charge in [0.25, 0.3) is 11.8 Å². The molecule has 1 amide bonds. The van der Waals surface area contributed by atoms with Gasteiger partial charge in [-0.05, 0) is 20.8 Å². The Hall–Kier alpha value is -3.27. The predicted molar refractivity (Wildman–Crippen MR) is 109 cm³/mol. The Morgan fingerprint density at radius 1 is 1.17 bits per heavy atom. The minimum Gasteiger partial charge on any atom is -0.478 e. The summed E-state index contributed by atoms with van der Waals surface area (Å²) < 4.78 is 7.05. The molecular weight excluding hydrogens is 372 g/mol. The molecule has 0 saturated carbocycles. The number of nitrogens with one attached hydrogen (secondary N) is 2. The van der Waals surface area contributed by atoms with Crippen LogP contribution in [0.5, 0.6) is 5.88 Å². The number of piperazine rings is 1. The number of aryl methyl sites for hydroxylation is 1. The van der Waals surface area contributed by atoms with Crippen LogP contribution in [0.1, 0.15) is 30.0 Å². The summed E-state index contributed by atoms with van der Waals surface area (Å²) in [4.78, 5) is 32.2. The molecule has 2 unspecified atom stereocenters. The maximum Gasteiger partial charge on any atom is 0.277 e. The summed E-state index contributed by atoms with van der Waals surface area (Å²) in [5.74, 6) is 1.04. The maximum atomic E-state index is 12.6. The van der Waals surface area contributed by atoms with Gasteiger partial charge in [0.15, 0.2) is 5.82 Å². The number of nitrogens with zero attached hydrogens (tertiary/aromatic N) is 6. The highest BCUT2D eigenvalue weighted by molar-refractivity contribution is 6.02. The van der Waals surface area contributed by atoms with Crippen molar-refractivity contribution in [3.8, 4) is 5.88 Å². The van der Waals surface area contributed by atoms with Crippen molar-refractivity contribution >= 4 is 23.2 Å². The van der Waals surface area contributed by atoms with Gasteiger partial charge in [0, 0.05) is 31.4 Å². The Morgan fingerprint density at radius 2 is 1.93 bits per heavy atom. The van der Waals surface area contributed by atoms with Crippen molar-refractivity contribution in [2.75, 3.05) is 30.4 Å². The largest absolute Gasteiger partial charge is 0.478 e. The number of carbonyl (C=O) groups excluding carboxylic acids is 1. The number of hydrogen-bond donors (Lipinski definition) is 2. The van der Waals surface area contributed by atoms with Crippen LogP contribution in [0.3, 0.4) is 0 Å². The zero-order chi connectivity index (χ0) is 20.5. The highest BCUT2D eigenvalue weighted by Crippen LogP contribution is 2.20. The van der Waals surface area contributed by atoms with Crippen LogP contribution in [0.2, 0.25) is 0 Å². The van der Waals surface area contributed by atoms with E-state index in [9.17, 15) is 4.79 Å². The van der Waals surface area contributed by atoms with Crippen LogP contribution in [-0.4, -0.2) is 62.5 Å². The zero-order valence-electron chi connectivity index (χ0n) is 16.9. The lowest BCUT2D eigenvalue weighted by Crippen LogP contribution is -2.54. The van der Waals surface area contributed by atoms with Gasteiger partial charge in [-0.25, -0.2) is 15.0 Å². The van der Waals surface area contributed by atoms with Crippen molar-refractivity contribution in [3.63, 3.8) is 0 Å². The van der Waals surface area contributed by atoms with Crippen molar-refractivity contribution < 1.29 is 9.53 Å². The molecule has 1 aliphatic heterocycles. The fourth-order valence-corrected chi connectivity index (χ4v) is 3.59. The first kappa shape index (κ1) is 19.1. The molecule has 10 heteroatoms. The van der Waals surface area contributed by atoms with Gasteiger partial charge in [-0.1, -0.05) is 0 Å². The van der Waals surface area contributed by atoms with Crippen LogP contribution in [0.4, 0.5) is 11.6 Å². The van der Waals surface area contributed by atoms with Gasteiger partial charge in [0.05, 0.1) is 31.4 Å². The van der Waals surface area contributed by atoms with E-state index in [-0.39, 0.29) is 5.69 Å². The van der Waals surface area contributed by atoms with Crippen molar-refractivity contribution in [2.45, 2.75) is 32.9 Å². The molecule has 152 valence electrons. The quantitative estimate of drug-likeness (QED) is 0.679. The van der Waals surface area contributed by atoms with Gasteiger partial charge in [-0.15, -0.1) is 0 Å². The summed E-state index contributed by atoms with van der Waals surface area (Å²) in [5, 5.41) is 6.22. The van der Waals surface area contributed by atoms with E-state index < -0.39 is 5.91 Å². The molecule has 0 aliphatic carbocycles. The third-order valence-corrected chi connectivity index (χ3v) is 4.71. The lowest BCUT2D eigenvalue weighted by Gasteiger charge is -2.36. The molecule has 0 radical (unpaired) electrons. The smallest absolute Gasteiger partial charge is 0.277 e. The van der Waals surface area contributed by atoms with Crippen LogP contribution >= 0.6 is 0 Å². The molecule has 0 spiro atoms. The molecule has 4 heterocycles. The van der Waals surface area contributed by atoms with E-state index >= 15 is 0 Å². The number of methoxy groups -OCH3 is 1. The third-order valence-electron chi connectivity index (χ3n) is 4.71. The van der Waals surface area contributed by atoms with Gasteiger partial charge >= 0.3 is 0 Å². The standard InChI is InChI=1S/C19H24N8O2/c1-11-7-26(8-12(2)22-11)16-6-20-14(5-21-16)18(28)24-15-10-27-9-13(3)23-17(27)19(25-15)29-4/h5-6,9-12,22H,7-8H2,1-4H3,(H,24,28). The Morgan fingerprint density at radius 3 is 2.59 bits per heavy atom. The fraction of sp³-hybridized carbons (Fsp3) is 0.421. The van der Waals surface area contributed by atoms with Crippen molar-refractivity contribution in [3.05, 3.63) is 36.2 Å². The molecule has 0 aromatic carbocycles. The highest BCUT2D eigenvalue weighted by atomic mass is 16.5. The second kappa shape index (κ2) is 7.63. The zero-order valence-corrected chi connectivity index (χ0v) is 16.9. The van der Waals surface area contributed by atoms with Crippen LogP contribution in [-0.2, 0) is 0 Å². The van der Waals surface area contributed by atoms with E-state index in [1.807, 2.05) is 13.1 Å². The Labute approximate surface area is 168 Å². The molecule has 2 atom stereocenters. The second-order valence-electron chi connectivity index (χ2n) is 7.34. The third kappa shape index (κ3) is 3.97. The number of imidazole rings is 1. The van der Waals surface area contributed by atoms with Gasteiger partial charge in [0.2, 0.25) is 5.65 Å². The molecule has 2 N–H and O–H groups in total. The summed E-state index contributed by atoms with van der Waals surface area (Å²) in [5.41, 5.74) is 1.63. The van der Waals surface area contributed by atoms with E-state index in [2.05, 4.69) is 49.3 Å². The minimum atomic E-state index is -0.392. The lowest BCUT2D eigenvalue weighted by molar-refractivity contribution is 0.102. The molecule has 1 saturated heterocycles. The molecule has 4 rings (SSSR count). The highest BCUT2D eigenvalue weighted by Gasteiger charge is 2.22. The minimum absolute atomic E-state index is 0.215. The summed E-state index contributed by atoms with van der Waals surface area (Å²) >= 11 is 0. The Balaban J connectivity index is 1.51. The Bertz CT molecular complexity index is 1020. The number of amides is 1. The molecule has 3 aromatic rings. The number of aromatic nitrogens is 5. The summed E-state index contributed by atoms with van der Waals surface area (Å²) in [6.45, 7) is 7.84. The van der Waals surface area contributed by atoms with Crippen LogP contribution in [0.25, 0.3) is 5.65 Å². The average molecular weight is 396 g/mol. The summed E-state index contributed by atoms with van der Waals surface area (Å²) in [6.07, 6.45) is 6.63. The number of fused-ring (bicyclic) bond motifs is 1. The average Bonchev–Trinajstić information content (AvgIpc) is 3.06. The van der Waals surface area contributed by atoms with Crippen LogP contribution < -0.4 is 20.3 Å². The molecule has 0 bridgehead atoms. The molecule has 1 aliphatic rings. The molecular formula is C19H24N8O2. The first-order chi connectivity index (χ1) is 13.9. The first-order valence-corrected chi connectivity index (χ1v) is 9.47. The molecule has 1 fully saturated rings. The number of ether oxygens (including phenoxy) is 1.